The molecule has 2 unspecified atom stereocenters. The summed E-state index contributed by atoms with van der Waals surface area (Å²) in [6.07, 6.45) is -0.665. The molecule has 83 heavy (non-hydrogen) atoms. The van der Waals surface area contributed by atoms with Gasteiger partial charge in [0, 0.05) is 11.1 Å². The summed E-state index contributed by atoms with van der Waals surface area (Å²) in [5.74, 6) is -11.9. The van der Waals surface area contributed by atoms with E-state index in [9.17, 15) is 55.6 Å². The van der Waals surface area contributed by atoms with Crippen molar-refractivity contribution in [3.8, 4) is 40.9 Å². The van der Waals surface area contributed by atoms with E-state index >= 15 is 0 Å². The number of carbonyl (C=O) groups excluding carboxylic acids is 3. The number of alkyl halides is 2. The molecule has 11 nitrogen and oxygen atoms in total. The van der Waals surface area contributed by atoms with Crippen LogP contribution in [0.2, 0.25) is 0 Å². The van der Waals surface area contributed by atoms with Crippen LogP contribution in [0, 0.1) is 91.7 Å². The third-order valence-electron chi connectivity index (χ3n) is 14.8. The summed E-state index contributed by atoms with van der Waals surface area (Å²) in [6.45, 7) is 11.3. The van der Waals surface area contributed by atoms with Gasteiger partial charge in [0.1, 0.15) is 52.0 Å². The Bertz CT molecular complexity index is 3340. The largest absolute Gasteiger partial charge is 0.460 e. The van der Waals surface area contributed by atoms with E-state index in [-0.39, 0.29) is 44.8 Å². The van der Waals surface area contributed by atoms with Crippen LogP contribution in [0.4, 0.5) is 30.7 Å². The molecule has 8 rings (SSSR count). The topological polar surface area (TPSA) is 154 Å². The molecule has 2 saturated carbocycles. The smallest absolute Gasteiger partial charge is 0.387 e. The maximum atomic E-state index is 13.5. The van der Waals surface area contributed by atoms with Crippen molar-refractivity contribution in [2.45, 2.75) is 86.7 Å². The fourth-order valence-electron chi connectivity index (χ4n) is 9.46. The second kappa shape index (κ2) is 27.3. The number of ether oxygens (including phenoxy) is 6. The van der Waals surface area contributed by atoms with E-state index in [1.807, 2.05) is 68.4 Å². The molecule has 0 bridgehead atoms. The maximum Gasteiger partial charge on any atom is 0.387 e. The zero-order valence-electron chi connectivity index (χ0n) is 46.1. The Balaban J connectivity index is 0.000000203. The van der Waals surface area contributed by atoms with Crippen LogP contribution in [0.25, 0.3) is 0 Å². The van der Waals surface area contributed by atoms with Gasteiger partial charge >= 0.3 is 24.5 Å². The number of nitriles is 2. The number of nitrogens with zero attached hydrogens (tertiary/aromatic N) is 2. The molecule has 2 aliphatic carbocycles. The van der Waals surface area contributed by atoms with E-state index in [0.717, 1.165) is 0 Å². The SMILES string of the molecule is CC(C)[C@H](C(=O)OC(C#N)c1cccc(Oc2ccccc2)c1)c1ccc(OC(F)F)cc1.CC1(C)C(C(=O)OC(C#N)c2cccc(Oc3ccccc3)c2)C1(C)C.CC1(C)[C@H](C=C(Cl)Cl)[C@H]1C(=O)OCc1c(F)c(F)c(F)c(F)c1F. The fourth-order valence-corrected chi connectivity index (χ4v) is 9.73. The standard InChI is InChI=1S/C26H23F2NO4.C22H23NO3.C15H11Cl2F5O2/c1-17(2)24(18-11-13-21(14-12-18)32-26(27)28)25(30)33-23(16-29)19-7-6-10-22(15-19)31-20-8-4-3-5-9-20;1-21(2)19(22(21,3)4)20(24)26-18(14-23)15-9-8-12-17(13-15)25-16-10-6-5-7-11-16;1-15(2)6(3-7(16)17)8(15)14(23)24-4-5-9(18)11(20)13(22)12(21)10(5)19/h3-15,17,23-24,26H,1-2H3;5-13,18-19H,1-4H3;3,6,8H,4H2,1-2H3/t23?,24-;;6-,8+/m0.1/s1. The van der Waals surface area contributed by atoms with Gasteiger partial charge in [-0.1, -0.05) is 151 Å². The number of benzene rings is 6. The van der Waals surface area contributed by atoms with Gasteiger partial charge in [-0.05, 0) is 100 Å². The number of hydrogen-bond donors (Lipinski definition) is 0. The van der Waals surface area contributed by atoms with Crippen molar-refractivity contribution in [2.24, 2.45) is 39.9 Å². The van der Waals surface area contributed by atoms with Crippen molar-refractivity contribution < 1.29 is 73.5 Å². The normalized spacial score (nSPS) is 17.0. The summed E-state index contributed by atoms with van der Waals surface area (Å²) in [5.41, 5.74) is -0.351. The molecule has 5 atom stereocenters. The molecule has 436 valence electrons. The summed E-state index contributed by atoms with van der Waals surface area (Å²) in [4.78, 5) is 37.6. The van der Waals surface area contributed by atoms with Crippen LogP contribution >= 0.6 is 23.2 Å². The molecule has 6 aromatic carbocycles. The van der Waals surface area contributed by atoms with E-state index in [2.05, 4.69) is 38.5 Å². The molecule has 2 aliphatic rings. The highest BCUT2D eigenvalue weighted by atomic mass is 35.5. The first-order chi connectivity index (χ1) is 39.1. The molecular formula is C63H57Cl2F7N2O9. The van der Waals surface area contributed by atoms with Crippen molar-refractivity contribution >= 4 is 41.1 Å². The first-order valence-corrected chi connectivity index (χ1v) is 26.5. The fraction of sp³-hybridized carbons (Fsp3) is 0.317. The maximum absolute atomic E-state index is 13.5. The van der Waals surface area contributed by atoms with Crippen LogP contribution in [-0.2, 0) is 35.2 Å². The first kappa shape index (κ1) is 64.1. The molecule has 20 heteroatoms. The molecule has 2 fully saturated rings. The van der Waals surface area contributed by atoms with Crippen LogP contribution in [-0.4, -0.2) is 24.5 Å². The van der Waals surface area contributed by atoms with E-state index in [4.69, 9.17) is 46.9 Å². The Morgan fingerprint density at radius 1 is 0.578 bits per heavy atom. The van der Waals surface area contributed by atoms with Crippen molar-refractivity contribution in [2.75, 3.05) is 0 Å². The molecule has 0 amide bonds. The summed E-state index contributed by atoms with van der Waals surface area (Å²) < 4.78 is 123. The van der Waals surface area contributed by atoms with Crippen molar-refractivity contribution in [3.63, 3.8) is 0 Å². The zero-order valence-corrected chi connectivity index (χ0v) is 47.6. The monoisotopic (exact) mass is 1190 g/mol. The van der Waals surface area contributed by atoms with Gasteiger partial charge in [0.25, 0.3) is 0 Å². The molecule has 0 saturated heterocycles. The molecule has 0 aliphatic heterocycles. The number of allylic oxidation sites excluding steroid dienone is 1. The summed E-state index contributed by atoms with van der Waals surface area (Å²) in [6, 6.07) is 42.4. The lowest BCUT2D eigenvalue weighted by Gasteiger charge is -2.22. The Labute approximate surface area is 486 Å². The van der Waals surface area contributed by atoms with Gasteiger partial charge in [-0.25, -0.2) is 22.0 Å². The summed E-state index contributed by atoms with van der Waals surface area (Å²) in [5, 5.41) is 19.2. The Morgan fingerprint density at radius 2 is 1.02 bits per heavy atom. The highest BCUT2D eigenvalue weighted by Gasteiger charge is 2.69. The number of carbonyl (C=O) groups is 3. The Hall–Kier alpha value is -8.06. The lowest BCUT2D eigenvalue weighted by atomic mass is 9.88. The van der Waals surface area contributed by atoms with E-state index in [0.29, 0.717) is 39.7 Å². The molecule has 0 aromatic heterocycles. The van der Waals surface area contributed by atoms with Gasteiger partial charge in [0.05, 0.1) is 23.3 Å². The highest BCUT2D eigenvalue weighted by Crippen LogP contribution is 2.69. The summed E-state index contributed by atoms with van der Waals surface area (Å²) in [7, 11) is 0. The van der Waals surface area contributed by atoms with Gasteiger partial charge in [-0.15, -0.1) is 0 Å². The molecule has 0 radical (unpaired) electrons. The molecule has 0 heterocycles. The van der Waals surface area contributed by atoms with E-state index in [1.165, 1.54) is 18.2 Å². The second-order valence-electron chi connectivity index (χ2n) is 21.4. The number of esters is 3. The predicted molar refractivity (Wildman–Crippen MR) is 293 cm³/mol. The van der Waals surface area contributed by atoms with Crippen LogP contribution in [0.15, 0.2) is 144 Å². The molecular weight excluding hydrogens is 1130 g/mol. The number of hydrogen-bond acceptors (Lipinski definition) is 11. The minimum Gasteiger partial charge on any atom is -0.460 e. The average molecular weight is 1190 g/mol. The van der Waals surface area contributed by atoms with Gasteiger partial charge in [0.2, 0.25) is 18.0 Å². The Morgan fingerprint density at radius 3 is 1.45 bits per heavy atom. The van der Waals surface area contributed by atoms with Crippen LogP contribution < -0.4 is 14.2 Å². The highest BCUT2D eigenvalue weighted by molar-refractivity contribution is 6.55. The minimum atomic E-state index is -2.93. The number of rotatable bonds is 18. The van der Waals surface area contributed by atoms with Crippen molar-refractivity contribution in [1.82, 2.24) is 0 Å². The lowest BCUT2D eigenvalue weighted by molar-refractivity contribution is -0.150. The summed E-state index contributed by atoms with van der Waals surface area (Å²) >= 11 is 11.1. The average Bonchev–Trinajstić information content (AvgIpc) is 1.82. The Kier molecular flexibility index (Phi) is 21.1. The van der Waals surface area contributed by atoms with Gasteiger partial charge in [-0.2, -0.15) is 19.3 Å². The van der Waals surface area contributed by atoms with Crippen LogP contribution in [0.1, 0.15) is 95.8 Å². The van der Waals surface area contributed by atoms with Crippen LogP contribution in [0.3, 0.4) is 0 Å². The quantitative estimate of drug-likeness (QED) is 0.0265. The second-order valence-corrected chi connectivity index (χ2v) is 22.4. The van der Waals surface area contributed by atoms with Crippen LogP contribution in [0.5, 0.6) is 28.7 Å². The number of halogens is 9. The molecule has 0 spiro atoms. The van der Waals surface area contributed by atoms with Crippen molar-refractivity contribution in [3.05, 3.63) is 195 Å². The predicted octanol–water partition coefficient (Wildman–Crippen LogP) is 16.9. The third-order valence-corrected chi connectivity index (χ3v) is 15.0. The molecule has 6 aromatic rings. The molecule has 0 N–H and O–H groups in total. The number of para-hydroxylation sites is 2. The first-order valence-electron chi connectivity index (χ1n) is 25.7. The van der Waals surface area contributed by atoms with E-state index in [1.54, 1.807) is 86.6 Å². The lowest BCUT2D eigenvalue weighted by Crippen LogP contribution is -2.22. The van der Waals surface area contributed by atoms with Crippen molar-refractivity contribution in [1.29, 1.82) is 10.5 Å². The minimum absolute atomic E-state index is 0.00486. The third kappa shape index (κ3) is 15.7. The van der Waals surface area contributed by atoms with Gasteiger partial charge in [0.15, 0.2) is 23.3 Å². The van der Waals surface area contributed by atoms with Gasteiger partial charge < -0.3 is 28.4 Å². The van der Waals surface area contributed by atoms with E-state index < -0.39 is 89.3 Å². The van der Waals surface area contributed by atoms with Gasteiger partial charge in [-0.3, -0.25) is 14.4 Å². The zero-order chi connectivity index (χ0) is 61.1.